The van der Waals surface area contributed by atoms with Gasteiger partial charge in [0.2, 0.25) is 5.91 Å². The molecule has 2 saturated heterocycles. The third-order valence-corrected chi connectivity index (χ3v) is 5.94. The van der Waals surface area contributed by atoms with Crippen molar-refractivity contribution in [1.82, 2.24) is 15.8 Å². The van der Waals surface area contributed by atoms with Crippen LogP contribution in [0.4, 0.5) is 0 Å². The number of rotatable bonds is 4. The molecular formula is C23H29N3O2. The van der Waals surface area contributed by atoms with E-state index in [2.05, 4.69) is 48.1 Å². The Morgan fingerprint density at radius 2 is 1.93 bits per heavy atom. The van der Waals surface area contributed by atoms with E-state index in [4.69, 9.17) is 4.74 Å². The maximum Gasteiger partial charge on any atom is 0.241 e. The monoisotopic (exact) mass is 379 g/mol. The van der Waals surface area contributed by atoms with Crippen LogP contribution in [-0.2, 0) is 4.79 Å². The summed E-state index contributed by atoms with van der Waals surface area (Å²) >= 11 is 0. The number of carbonyl (C=O) groups is 1. The van der Waals surface area contributed by atoms with Crippen LogP contribution in [-0.4, -0.2) is 37.0 Å². The Kier molecular flexibility index (Phi) is 5.64. The Balaban J connectivity index is 1.40. The number of carbonyl (C=O) groups excluding carboxylic acids is 1. The highest BCUT2D eigenvalue weighted by atomic mass is 16.5. The second-order valence-corrected chi connectivity index (χ2v) is 7.94. The van der Waals surface area contributed by atoms with Gasteiger partial charge in [0.05, 0.1) is 7.11 Å². The molecule has 0 aromatic heterocycles. The first-order valence-corrected chi connectivity index (χ1v) is 10.1. The van der Waals surface area contributed by atoms with Gasteiger partial charge in [-0.1, -0.05) is 42.0 Å². The number of piperidine rings is 1. The Labute approximate surface area is 167 Å². The highest BCUT2D eigenvalue weighted by Gasteiger charge is 2.35. The van der Waals surface area contributed by atoms with Gasteiger partial charge in [-0.3, -0.25) is 4.79 Å². The van der Waals surface area contributed by atoms with E-state index in [1.165, 1.54) is 11.1 Å². The third-order valence-electron chi connectivity index (χ3n) is 5.94. The summed E-state index contributed by atoms with van der Waals surface area (Å²) in [6.45, 7) is 3.79. The van der Waals surface area contributed by atoms with Crippen molar-refractivity contribution < 1.29 is 9.53 Å². The Morgan fingerprint density at radius 3 is 2.75 bits per heavy atom. The molecule has 5 nitrogen and oxygen atoms in total. The van der Waals surface area contributed by atoms with Gasteiger partial charge in [-0.25, -0.2) is 10.9 Å². The maximum atomic E-state index is 13.1. The zero-order chi connectivity index (χ0) is 19.5. The minimum absolute atomic E-state index is 0.112. The summed E-state index contributed by atoms with van der Waals surface area (Å²) in [5, 5.41) is 0. The Bertz CT molecular complexity index is 838. The van der Waals surface area contributed by atoms with Crippen LogP contribution in [0, 0.1) is 6.92 Å². The molecule has 1 amide bonds. The van der Waals surface area contributed by atoms with E-state index in [0.717, 1.165) is 43.7 Å². The molecule has 2 aromatic carbocycles. The summed E-state index contributed by atoms with van der Waals surface area (Å²) in [6.07, 6.45) is 2.96. The fraction of sp³-hybridized carbons (Fsp3) is 0.435. The molecule has 2 heterocycles. The van der Waals surface area contributed by atoms with E-state index >= 15 is 0 Å². The van der Waals surface area contributed by atoms with Gasteiger partial charge < -0.3 is 9.64 Å². The van der Waals surface area contributed by atoms with Gasteiger partial charge in [-0.05, 0) is 49.4 Å². The average Bonchev–Trinajstić information content (AvgIpc) is 3.24. The third kappa shape index (κ3) is 4.05. The van der Waals surface area contributed by atoms with E-state index in [1.807, 2.05) is 23.1 Å². The van der Waals surface area contributed by atoms with Crippen molar-refractivity contribution in [3.63, 3.8) is 0 Å². The molecule has 0 aliphatic carbocycles. The van der Waals surface area contributed by atoms with Crippen LogP contribution in [0.15, 0.2) is 48.5 Å². The van der Waals surface area contributed by atoms with Gasteiger partial charge in [-0.2, -0.15) is 0 Å². The van der Waals surface area contributed by atoms with Crippen LogP contribution < -0.4 is 15.6 Å². The molecule has 148 valence electrons. The number of hydrogen-bond donors (Lipinski definition) is 2. The fourth-order valence-corrected chi connectivity index (χ4v) is 4.39. The van der Waals surface area contributed by atoms with Crippen LogP contribution in [0.25, 0.3) is 0 Å². The summed E-state index contributed by atoms with van der Waals surface area (Å²) in [5.74, 6) is 1.47. The molecule has 2 N–H and O–H groups in total. The van der Waals surface area contributed by atoms with Crippen molar-refractivity contribution in [2.75, 3.05) is 20.2 Å². The lowest BCUT2D eigenvalue weighted by Crippen LogP contribution is -2.48. The lowest BCUT2D eigenvalue weighted by molar-refractivity contribution is -0.134. The van der Waals surface area contributed by atoms with Crippen molar-refractivity contribution in [3.05, 3.63) is 65.2 Å². The minimum Gasteiger partial charge on any atom is -0.497 e. The normalized spacial score (nSPS) is 24.9. The molecule has 3 unspecified atom stereocenters. The number of likely N-dealkylation sites (tertiary alicyclic amines) is 1. The first-order valence-electron chi connectivity index (χ1n) is 10.1. The van der Waals surface area contributed by atoms with Crippen molar-refractivity contribution in [2.24, 2.45) is 0 Å². The molecule has 5 heteroatoms. The predicted octanol–water partition coefficient (Wildman–Crippen LogP) is 3.32. The van der Waals surface area contributed by atoms with E-state index in [-0.39, 0.29) is 18.0 Å². The van der Waals surface area contributed by atoms with Gasteiger partial charge in [0, 0.05) is 25.0 Å². The number of ether oxygens (including phenoxy) is 1. The van der Waals surface area contributed by atoms with Crippen LogP contribution in [0.2, 0.25) is 0 Å². The summed E-state index contributed by atoms with van der Waals surface area (Å²) in [4.78, 5) is 15.2. The van der Waals surface area contributed by atoms with Crippen molar-refractivity contribution in [3.8, 4) is 5.75 Å². The largest absolute Gasteiger partial charge is 0.497 e. The van der Waals surface area contributed by atoms with Gasteiger partial charge >= 0.3 is 0 Å². The number of nitrogens with zero attached hydrogens (tertiary/aromatic N) is 1. The first-order chi connectivity index (χ1) is 13.6. The van der Waals surface area contributed by atoms with Crippen LogP contribution >= 0.6 is 0 Å². The molecule has 2 aliphatic heterocycles. The number of nitrogens with one attached hydrogen (secondary N) is 2. The summed E-state index contributed by atoms with van der Waals surface area (Å²) in [7, 11) is 1.67. The zero-order valence-corrected chi connectivity index (χ0v) is 16.7. The average molecular weight is 380 g/mol. The molecule has 0 bridgehead atoms. The van der Waals surface area contributed by atoms with Gasteiger partial charge in [-0.15, -0.1) is 0 Å². The van der Waals surface area contributed by atoms with Gasteiger partial charge in [0.1, 0.15) is 11.8 Å². The van der Waals surface area contributed by atoms with Gasteiger partial charge in [0.25, 0.3) is 0 Å². The fourth-order valence-electron chi connectivity index (χ4n) is 4.39. The molecule has 28 heavy (non-hydrogen) atoms. The molecule has 3 atom stereocenters. The summed E-state index contributed by atoms with van der Waals surface area (Å²) < 4.78 is 5.32. The molecule has 4 rings (SSSR count). The lowest BCUT2D eigenvalue weighted by Gasteiger charge is -2.34. The second-order valence-electron chi connectivity index (χ2n) is 7.94. The smallest absolute Gasteiger partial charge is 0.241 e. The van der Waals surface area contributed by atoms with E-state index in [0.29, 0.717) is 5.92 Å². The van der Waals surface area contributed by atoms with E-state index in [1.54, 1.807) is 7.11 Å². The Hall–Kier alpha value is -2.37. The van der Waals surface area contributed by atoms with E-state index in [9.17, 15) is 4.79 Å². The molecule has 0 spiro atoms. The maximum absolute atomic E-state index is 13.1. The molecule has 2 fully saturated rings. The van der Waals surface area contributed by atoms with Gasteiger partial charge in [0.15, 0.2) is 0 Å². The van der Waals surface area contributed by atoms with Crippen molar-refractivity contribution in [1.29, 1.82) is 0 Å². The topological polar surface area (TPSA) is 53.6 Å². The molecule has 0 radical (unpaired) electrons. The Morgan fingerprint density at radius 1 is 1.11 bits per heavy atom. The van der Waals surface area contributed by atoms with Crippen LogP contribution in [0.1, 0.15) is 47.9 Å². The van der Waals surface area contributed by atoms with Crippen LogP contribution in [0.3, 0.4) is 0 Å². The number of hydrogen-bond acceptors (Lipinski definition) is 4. The highest BCUT2D eigenvalue weighted by molar-refractivity contribution is 5.82. The number of hydrazine groups is 1. The zero-order valence-electron chi connectivity index (χ0n) is 16.7. The molecular weight excluding hydrogens is 350 g/mol. The second kappa shape index (κ2) is 8.33. The standard InChI is InChI=1S/C23H29N3O2/c1-16-6-3-7-17(12-16)19-9-5-11-26(15-19)23(27)22-14-21(24-25-22)18-8-4-10-20(13-18)28-2/h3-4,6-8,10,12-13,19,21-22,24-25H,5,9,11,14-15H2,1-2H3. The summed E-state index contributed by atoms with van der Waals surface area (Å²) in [5.41, 5.74) is 10.3. The van der Waals surface area contributed by atoms with Crippen LogP contribution in [0.5, 0.6) is 5.75 Å². The first kappa shape index (κ1) is 19.0. The number of benzene rings is 2. The quantitative estimate of drug-likeness (QED) is 0.856. The highest BCUT2D eigenvalue weighted by Crippen LogP contribution is 2.30. The molecule has 2 aromatic rings. The SMILES string of the molecule is COc1cccc(C2CC(C(=O)N3CCCC(c4cccc(C)c4)C3)NN2)c1. The van der Waals surface area contributed by atoms with Crippen molar-refractivity contribution in [2.45, 2.75) is 44.2 Å². The van der Waals surface area contributed by atoms with E-state index < -0.39 is 0 Å². The predicted molar refractivity (Wildman–Crippen MR) is 110 cm³/mol. The number of amides is 1. The number of methoxy groups -OCH3 is 1. The minimum atomic E-state index is -0.188. The number of aryl methyl sites for hydroxylation is 1. The van der Waals surface area contributed by atoms with Crippen molar-refractivity contribution >= 4 is 5.91 Å². The molecule has 2 aliphatic rings. The molecule has 0 saturated carbocycles. The summed E-state index contributed by atoms with van der Waals surface area (Å²) in [6, 6.07) is 16.6. The lowest BCUT2D eigenvalue weighted by atomic mass is 9.89.